The molecule has 2 rings (SSSR count). The van der Waals surface area contributed by atoms with Crippen LogP contribution < -0.4 is 21.3 Å². The number of hydrogen-bond acceptors (Lipinski definition) is 5. The van der Waals surface area contributed by atoms with Gasteiger partial charge in [-0.3, -0.25) is 19.2 Å². The summed E-state index contributed by atoms with van der Waals surface area (Å²) in [4.78, 5) is 68.7. The molecule has 1 aliphatic heterocycles. The van der Waals surface area contributed by atoms with Crippen LogP contribution in [0.3, 0.4) is 0 Å². The fraction of sp³-hybridized carbons (Fsp3) is 0.639. The van der Waals surface area contributed by atoms with E-state index in [1.807, 2.05) is 71.9 Å². The molecular weight excluding hydrogens is 582 g/mol. The van der Waals surface area contributed by atoms with Gasteiger partial charge in [-0.25, -0.2) is 4.79 Å². The average Bonchev–Trinajstić information content (AvgIpc) is 3.43. The first-order chi connectivity index (χ1) is 21.4. The molecule has 10 nitrogen and oxygen atoms in total. The van der Waals surface area contributed by atoms with Gasteiger partial charge in [0.15, 0.2) is 0 Å². The van der Waals surface area contributed by atoms with Gasteiger partial charge in [-0.1, -0.05) is 105 Å². The van der Waals surface area contributed by atoms with Crippen molar-refractivity contribution in [2.75, 3.05) is 13.1 Å². The summed E-state index contributed by atoms with van der Waals surface area (Å²) in [6.07, 6.45) is 3.54. The van der Waals surface area contributed by atoms with Gasteiger partial charge in [0.25, 0.3) is 5.91 Å². The average molecular weight is 640 g/mol. The van der Waals surface area contributed by atoms with Crippen molar-refractivity contribution in [2.24, 2.45) is 22.7 Å². The van der Waals surface area contributed by atoms with Gasteiger partial charge in [-0.15, -0.1) is 6.58 Å². The minimum absolute atomic E-state index is 0.0691. The number of Topliss-reactive ketones (excluding diaryl/α,β-unsaturated/α-hetero) is 1. The Morgan fingerprint density at radius 1 is 0.957 bits per heavy atom. The normalized spacial score (nSPS) is 18.7. The van der Waals surface area contributed by atoms with E-state index >= 15 is 0 Å². The lowest BCUT2D eigenvalue weighted by molar-refractivity contribution is -0.144. The minimum atomic E-state index is -1.02. The molecule has 1 heterocycles. The van der Waals surface area contributed by atoms with Gasteiger partial charge in [0, 0.05) is 19.1 Å². The van der Waals surface area contributed by atoms with E-state index in [-0.39, 0.29) is 42.2 Å². The van der Waals surface area contributed by atoms with Crippen molar-refractivity contribution in [2.45, 2.75) is 112 Å². The topological polar surface area (TPSA) is 137 Å². The van der Waals surface area contributed by atoms with E-state index in [4.69, 9.17) is 0 Å². The number of carbonyl (C=O) groups excluding carboxylic acids is 5. The van der Waals surface area contributed by atoms with Crippen LogP contribution in [0.15, 0.2) is 43.0 Å². The molecule has 1 aromatic rings. The molecule has 10 heteroatoms. The van der Waals surface area contributed by atoms with Crippen LogP contribution in [-0.2, 0) is 25.6 Å². The van der Waals surface area contributed by atoms with Crippen LogP contribution in [0.25, 0.3) is 0 Å². The van der Waals surface area contributed by atoms with Crippen molar-refractivity contribution in [3.8, 4) is 0 Å². The quantitative estimate of drug-likeness (QED) is 0.177. The van der Waals surface area contributed by atoms with Crippen LogP contribution >= 0.6 is 0 Å². The summed E-state index contributed by atoms with van der Waals surface area (Å²) in [7, 11) is 0. The lowest BCUT2D eigenvalue weighted by Gasteiger charge is -2.38. The SMILES string of the molecule is C=CCNC(=O)C(=O)C(CCC)NC(=O)[C@@H]1[C@@H](C(C)C)CCN1C(=O)[C@@H](NC(=O)N[C@H](Cc1ccccc1)C(C)(C)C)C(C)(C)C. The highest BCUT2D eigenvalue weighted by molar-refractivity contribution is 6.38. The number of urea groups is 1. The zero-order valence-corrected chi connectivity index (χ0v) is 29.4. The molecule has 1 aliphatic rings. The third-order valence-corrected chi connectivity index (χ3v) is 8.72. The zero-order valence-electron chi connectivity index (χ0n) is 29.4. The maximum Gasteiger partial charge on any atom is 0.315 e. The molecular formula is C36H57N5O5. The number of amides is 5. The second-order valence-electron chi connectivity index (χ2n) is 14.9. The van der Waals surface area contributed by atoms with E-state index in [0.717, 1.165) is 5.56 Å². The first kappa shape index (κ1) is 38.5. The fourth-order valence-electron chi connectivity index (χ4n) is 5.89. The second-order valence-corrected chi connectivity index (χ2v) is 14.9. The summed E-state index contributed by atoms with van der Waals surface area (Å²) in [6, 6.07) is 6.47. The molecule has 0 aromatic heterocycles. The number of benzene rings is 1. The van der Waals surface area contributed by atoms with E-state index < -0.39 is 47.2 Å². The Morgan fingerprint density at radius 2 is 1.59 bits per heavy atom. The summed E-state index contributed by atoms with van der Waals surface area (Å²) >= 11 is 0. The maximum absolute atomic E-state index is 14.3. The fourth-order valence-corrected chi connectivity index (χ4v) is 5.89. The molecule has 5 amide bonds. The molecule has 1 unspecified atom stereocenters. The zero-order chi connectivity index (χ0) is 34.8. The lowest BCUT2D eigenvalue weighted by atomic mass is 9.83. The van der Waals surface area contributed by atoms with Crippen LogP contribution in [-0.4, -0.2) is 71.7 Å². The van der Waals surface area contributed by atoms with E-state index in [0.29, 0.717) is 25.8 Å². The first-order valence-corrected chi connectivity index (χ1v) is 16.6. The monoisotopic (exact) mass is 639 g/mol. The number of rotatable bonds is 14. The Balaban J connectivity index is 2.32. The summed E-state index contributed by atoms with van der Waals surface area (Å²) in [5.74, 6) is -2.45. The van der Waals surface area contributed by atoms with Crippen molar-refractivity contribution < 1.29 is 24.0 Å². The Morgan fingerprint density at radius 3 is 2.11 bits per heavy atom. The number of hydrogen-bond donors (Lipinski definition) is 4. The van der Waals surface area contributed by atoms with Crippen LogP contribution in [0, 0.1) is 22.7 Å². The van der Waals surface area contributed by atoms with Gasteiger partial charge in [0.2, 0.25) is 17.6 Å². The smallest absolute Gasteiger partial charge is 0.315 e. The Kier molecular flexibility index (Phi) is 14.0. The molecule has 0 saturated carbocycles. The van der Waals surface area contributed by atoms with E-state index in [2.05, 4.69) is 48.6 Å². The summed E-state index contributed by atoms with van der Waals surface area (Å²) in [6.45, 7) is 21.7. The highest BCUT2D eigenvalue weighted by Crippen LogP contribution is 2.33. The predicted molar refractivity (Wildman–Crippen MR) is 182 cm³/mol. The van der Waals surface area contributed by atoms with E-state index in [1.165, 1.54) is 6.08 Å². The van der Waals surface area contributed by atoms with Crippen molar-refractivity contribution >= 4 is 29.5 Å². The van der Waals surface area contributed by atoms with Crippen molar-refractivity contribution in [3.63, 3.8) is 0 Å². The van der Waals surface area contributed by atoms with Gasteiger partial charge in [0.1, 0.15) is 12.1 Å². The van der Waals surface area contributed by atoms with Crippen LogP contribution in [0.5, 0.6) is 0 Å². The number of nitrogens with zero attached hydrogens (tertiary/aromatic N) is 1. The summed E-state index contributed by atoms with van der Waals surface area (Å²) < 4.78 is 0. The predicted octanol–water partition coefficient (Wildman–Crippen LogP) is 4.39. The van der Waals surface area contributed by atoms with E-state index in [1.54, 1.807) is 4.90 Å². The highest BCUT2D eigenvalue weighted by Gasteiger charge is 2.47. The van der Waals surface area contributed by atoms with Crippen molar-refractivity contribution in [3.05, 3.63) is 48.6 Å². The van der Waals surface area contributed by atoms with E-state index in [9.17, 15) is 24.0 Å². The number of ketones is 1. The second kappa shape index (κ2) is 16.7. The molecule has 1 aromatic carbocycles. The minimum Gasteiger partial charge on any atom is -0.346 e. The van der Waals surface area contributed by atoms with Gasteiger partial charge in [0.05, 0.1) is 6.04 Å². The maximum atomic E-state index is 14.3. The lowest BCUT2D eigenvalue weighted by Crippen LogP contribution is -2.62. The summed E-state index contributed by atoms with van der Waals surface area (Å²) in [5, 5.41) is 11.3. The molecule has 4 N–H and O–H groups in total. The Labute approximate surface area is 275 Å². The first-order valence-electron chi connectivity index (χ1n) is 16.6. The third-order valence-electron chi connectivity index (χ3n) is 8.72. The Bertz CT molecular complexity index is 1220. The van der Waals surface area contributed by atoms with Gasteiger partial charge in [-0.05, 0) is 47.5 Å². The number of nitrogens with one attached hydrogen (secondary N) is 4. The van der Waals surface area contributed by atoms with Gasteiger partial charge in [-0.2, -0.15) is 0 Å². The molecule has 256 valence electrons. The molecule has 0 bridgehead atoms. The molecule has 1 saturated heterocycles. The number of carbonyl (C=O) groups is 5. The molecule has 0 aliphatic carbocycles. The number of likely N-dealkylation sites (tertiary alicyclic amines) is 1. The van der Waals surface area contributed by atoms with Crippen molar-refractivity contribution in [1.82, 2.24) is 26.2 Å². The molecule has 0 spiro atoms. The van der Waals surface area contributed by atoms with Gasteiger partial charge >= 0.3 is 6.03 Å². The van der Waals surface area contributed by atoms with Crippen LogP contribution in [0.2, 0.25) is 0 Å². The van der Waals surface area contributed by atoms with Crippen molar-refractivity contribution in [1.29, 1.82) is 0 Å². The molecule has 46 heavy (non-hydrogen) atoms. The molecule has 1 fully saturated rings. The Hall–Kier alpha value is -3.69. The third kappa shape index (κ3) is 10.7. The molecule has 0 radical (unpaired) electrons. The standard InChI is InChI=1S/C36H57N5O5/c1-11-16-26(29(42)32(44)37-20-12-2)38-31(43)28-25(23(3)4)19-21-41(28)33(45)30(36(8,9)10)40-34(46)39-27(35(5,6)7)22-24-17-14-13-15-18-24/h12-15,17-18,23,25-28,30H,2,11,16,19-22H2,1,3-10H3,(H,37,44)(H,38,43)(H2,39,40,46)/t25-,26?,27-,28+,30-/m1/s1. The van der Waals surface area contributed by atoms with Gasteiger partial charge < -0.3 is 26.2 Å². The van der Waals surface area contributed by atoms with Crippen LogP contribution in [0.1, 0.15) is 87.1 Å². The highest BCUT2D eigenvalue weighted by atomic mass is 16.2. The molecule has 5 atom stereocenters. The largest absolute Gasteiger partial charge is 0.346 e. The van der Waals surface area contributed by atoms with Crippen LogP contribution in [0.4, 0.5) is 4.79 Å². The summed E-state index contributed by atoms with van der Waals surface area (Å²) in [5.41, 5.74) is 0.160.